The van der Waals surface area contributed by atoms with E-state index in [0.717, 1.165) is 16.0 Å². The molecule has 0 unspecified atom stereocenters. The van der Waals surface area contributed by atoms with E-state index in [2.05, 4.69) is 5.32 Å². The lowest BCUT2D eigenvalue weighted by Crippen LogP contribution is -2.45. The lowest BCUT2D eigenvalue weighted by Gasteiger charge is -2.39. The first-order valence-electron chi connectivity index (χ1n) is 10.4. The summed E-state index contributed by atoms with van der Waals surface area (Å²) in [6.45, 7) is 0.474. The lowest BCUT2D eigenvalue weighted by molar-refractivity contribution is -0.124. The molecule has 1 aliphatic rings. The van der Waals surface area contributed by atoms with Crippen LogP contribution in [0.5, 0.6) is 11.5 Å². The van der Waals surface area contributed by atoms with E-state index < -0.39 is 5.92 Å². The van der Waals surface area contributed by atoms with Crippen LogP contribution in [0.3, 0.4) is 0 Å². The van der Waals surface area contributed by atoms with E-state index >= 15 is 0 Å². The number of benzene rings is 2. The van der Waals surface area contributed by atoms with Crippen LogP contribution in [0.2, 0.25) is 0 Å². The summed E-state index contributed by atoms with van der Waals surface area (Å²) < 4.78 is 10.7. The summed E-state index contributed by atoms with van der Waals surface area (Å²) in [4.78, 5) is 29.1. The number of hydrogen-bond donors (Lipinski definition) is 1. The molecule has 2 aromatic carbocycles. The highest BCUT2D eigenvalue weighted by Crippen LogP contribution is 2.43. The Labute approximate surface area is 191 Å². The largest absolute Gasteiger partial charge is 0.493 e. The minimum absolute atomic E-state index is 0.0617. The number of hydrogen-bond acceptors (Lipinski definition) is 5. The second-order valence-electron chi connectivity index (χ2n) is 7.67. The van der Waals surface area contributed by atoms with E-state index in [1.54, 1.807) is 43.6 Å². The van der Waals surface area contributed by atoms with Gasteiger partial charge >= 0.3 is 0 Å². The molecule has 1 aliphatic heterocycles. The van der Waals surface area contributed by atoms with Gasteiger partial charge in [0.05, 0.1) is 26.2 Å². The fourth-order valence-corrected chi connectivity index (χ4v) is 5.15. The van der Waals surface area contributed by atoms with Gasteiger partial charge in [0.25, 0.3) is 5.91 Å². The van der Waals surface area contributed by atoms with E-state index in [0.29, 0.717) is 30.0 Å². The zero-order chi connectivity index (χ0) is 22.7. The molecule has 6 nitrogen and oxygen atoms in total. The number of fused-ring (bicyclic) bond motifs is 1. The second kappa shape index (κ2) is 9.44. The summed E-state index contributed by atoms with van der Waals surface area (Å²) in [6, 6.07) is 16.7. The van der Waals surface area contributed by atoms with Crippen LogP contribution in [-0.2, 0) is 11.2 Å². The van der Waals surface area contributed by atoms with E-state index in [-0.39, 0.29) is 17.9 Å². The van der Waals surface area contributed by atoms with Crippen molar-refractivity contribution in [3.63, 3.8) is 0 Å². The number of ether oxygens (including phenoxy) is 2. The van der Waals surface area contributed by atoms with Crippen molar-refractivity contribution >= 4 is 23.2 Å². The molecule has 1 N–H and O–H groups in total. The van der Waals surface area contributed by atoms with Crippen molar-refractivity contribution in [3.8, 4) is 11.5 Å². The predicted octanol–water partition coefficient (Wildman–Crippen LogP) is 4.03. The van der Waals surface area contributed by atoms with Crippen LogP contribution in [0.1, 0.15) is 38.3 Å². The van der Waals surface area contributed by atoms with Crippen molar-refractivity contribution < 1.29 is 19.1 Å². The van der Waals surface area contributed by atoms with Gasteiger partial charge in [0.1, 0.15) is 0 Å². The highest BCUT2D eigenvalue weighted by Gasteiger charge is 2.42. The van der Waals surface area contributed by atoms with Gasteiger partial charge < -0.3 is 19.7 Å². The van der Waals surface area contributed by atoms with Gasteiger partial charge in [-0.25, -0.2) is 0 Å². The SMILES string of the molecule is COc1ccc(CCNC(=O)[C@@H]2c3ccccc3C(=O)N(C)[C@H]2c2cccs2)cc1OC. The molecule has 4 rings (SSSR count). The zero-order valence-corrected chi connectivity index (χ0v) is 19.1. The maximum Gasteiger partial charge on any atom is 0.254 e. The Kier molecular flexibility index (Phi) is 6.46. The smallest absolute Gasteiger partial charge is 0.254 e. The Morgan fingerprint density at radius 2 is 1.84 bits per heavy atom. The molecule has 0 saturated heterocycles. The van der Waals surface area contributed by atoms with E-state index in [4.69, 9.17) is 9.47 Å². The number of carbonyl (C=O) groups is 2. The first-order valence-corrected chi connectivity index (χ1v) is 11.3. The van der Waals surface area contributed by atoms with Gasteiger partial charge in [-0.05, 0) is 47.2 Å². The third-order valence-corrected chi connectivity index (χ3v) is 6.80. The second-order valence-corrected chi connectivity index (χ2v) is 8.65. The predicted molar refractivity (Wildman–Crippen MR) is 125 cm³/mol. The Bertz CT molecular complexity index is 1110. The van der Waals surface area contributed by atoms with Gasteiger partial charge in [0, 0.05) is 24.0 Å². The summed E-state index contributed by atoms with van der Waals surface area (Å²) in [7, 11) is 4.98. The molecule has 32 heavy (non-hydrogen) atoms. The fraction of sp³-hybridized carbons (Fsp3) is 0.280. The number of nitrogens with one attached hydrogen (secondary N) is 1. The molecular weight excluding hydrogens is 424 g/mol. The summed E-state index contributed by atoms with van der Waals surface area (Å²) in [5.41, 5.74) is 2.40. The maximum absolute atomic E-state index is 13.4. The molecule has 0 fully saturated rings. The van der Waals surface area contributed by atoms with Crippen LogP contribution < -0.4 is 14.8 Å². The first kappa shape index (κ1) is 21.9. The Morgan fingerprint density at radius 1 is 1.06 bits per heavy atom. The minimum atomic E-state index is -0.474. The van der Waals surface area contributed by atoms with Crippen LogP contribution in [0, 0.1) is 0 Å². The van der Waals surface area contributed by atoms with E-state index in [9.17, 15) is 9.59 Å². The van der Waals surface area contributed by atoms with Crippen molar-refractivity contribution in [2.24, 2.45) is 0 Å². The molecule has 0 aliphatic carbocycles. The maximum atomic E-state index is 13.4. The molecule has 0 radical (unpaired) electrons. The number of likely N-dealkylation sites (N-methyl/N-ethyl adjacent to an activating group) is 1. The number of amides is 2. The van der Waals surface area contributed by atoms with Gasteiger partial charge in [-0.3, -0.25) is 9.59 Å². The summed E-state index contributed by atoms with van der Waals surface area (Å²) in [5.74, 6) is 0.711. The molecule has 2 amide bonds. The number of methoxy groups -OCH3 is 2. The van der Waals surface area contributed by atoms with Crippen molar-refractivity contribution in [1.82, 2.24) is 10.2 Å². The Hall–Kier alpha value is -3.32. The fourth-order valence-electron chi connectivity index (χ4n) is 4.25. The molecule has 3 aromatic rings. The average Bonchev–Trinajstić information content (AvgIpc) is 3.35. The van der Waals surface area contributed by atoms with Crippen LogP contribution in [0.4, 0.5) is 0 Å². The van der Waals surface area contributed by atoms with Gasteiger partial charge in [-0.15, -0.1) is 11.3 Å². The topological polar surface area (TPSA) is 67.9 Å². The minimum Gasteiger partial charge on any atom is -0.493 e. The van der Waals surface area contributed by atoms with Crippen molar-refractivity contribution in [1.29, 1.82) is 0 Å². The number of carbonyl (C=O) groups excluding carboxylic acids is 2. The van der Waals surface area contributed by atoms with Gasteiger partial charge in [-0.1, -0.05) is 30.3 Å². The van der Waals surface area contributed by atoms with Gasteiger partial charge in [0.2, 0.25) is 5.91 Å². The van der Waals surface area contributed by atoms with Crippen LogP contribution in [-0.4, -0.2) is 44.5 Å². The highest BCUT2D eigenvalue weighted by atomic mass is 32.1. The summed E-state index contributed by atoms with van der Waals surface area (Å²) >= 11 is 1.56. The standard InChI is InChI=1S/C25H26N2O4S/c1-27-23(21-9-6-14-32-21)22(17-7-4-5-8-18(17)25(27)29)24(28)26-13-12-16-10-11-19(30-2)20(15-16)31-3/h4-11,14-15,22-23H,12-13H2,1-3H3,(H,26,28)/t22-,23+/m1/s1. The first-order chi connectivity index (χ1) is 15.5. The normalized spacial score (nSPS) is 17.6. The molecule has 2 heterocycles. The van der Waals surface area contributed by atoms with Crippen molar-refractivity contribution in [3.05, 3.63) is 81.5 Å². The van der Waals surface area contributed by atoms with Crippen molar-refractivity contribution in [2.75, 3.05) is 27.8 Å². The van der Waals surface area contributed by atoms with Gasteiger partial charge in [0.15, 0.2) is 11.5 Å². The van der Waals surface area contributed by atoms with Crippen molar-refractivity contribution in [2.45, 2.75) is 18.4 Å². The van der Waals surface area contributed by atoms with Crippen LogP contribution in [0.25, 0.3) is 0 Å². The number of thiophene rings is 1. The van der Waals surface area contributed by atoms with E-state index in [1.165, 1.54) is 0 Å². The monoisotopic (exact) mass is 450 g/mol. The number of nitrogens with zero attached hydrogens (tertiary/aromatic N) is 1. The molecule has 0 spiro atoms. The molecule has 1 aromatic heterocycles. The highest BCUT2D eigenvalue weighted by molar-refractivity contribution is 7.10. The van der Waals surface area contributed by atoms with Crippen LogP contribution in [0.15, 0.2) is 60.0 Å². The molecular formula is C25H26N2O4S. The Balaban J connectivity index is 1.55. The number of rotatable bonds is 7. The molecule has 0 saturated carbocycles. The van der Waals surface area contributed by atoms with E-state index in [1.807, 2.05) is 53.9 Å². The molecule has 7 heteroatoms. The zero-order valence-electron chi connectivity index (χ0n) is 18.3. The molecule has 2 atom stereocenters. The third kappa shape index (κ3) is 4.08. The third-order valence-electron chi connectivity index (χ3n) is 5.86. The lowest BCUT2D eigenvalue weighted by atomic mass is 9.81. The summed E-state index contributed by atoms with van der Waals surface area (Å²) in [5, 5.41) is 5.06. The quantitative estimate of drug-likeness (QED) is 0.590. The van der Waals surface area contributed by atoms with Crippen LogP contribution >= 0.6 is 11.3 Å². The van der Waals surface area contributed by atoms with Gasteiger partial charge in [-0.2, -0.15) is 0 Å². The Morgan fingerprint density at radius 3 is 2.56 bits per heavy atom. The average molecular weight is 451 g/mol. The summed E-state index contributed by atoms with van der Waals surface area (Å²) in [6.07, 6.45) is 0.652. The molecule has 0 bridgehead atoms. The molecule has 166 valence electrons.